The summed E-state index contributed by atoms with van der Waals surface area (Å²) < 4.78 is 9.93. The zero-order valence-electron chi connectivity index (χ0n) is 7.10. The maximum absolute atomic E-state index is 4.97. The minimum absolute atomic E-state index is 0. The van der Waals surface area contributed by atoms with Crippen LogP contribution in [0.2, 0.25) is 5.28 Å². The zero-order chi connectivity index (χ0) is 5.70. The fraction of sp³-hybridized carbons (Fsp3) is 1.00. The summed E-state index contributed by atoms with van der Waals surface area (Å²) in [7, 11) is 3.40. The molecule has 0 spiro atoms. The molecule has 0 fully saturated rings. The van der Waals surface area contributed by atoms with Gasteiger partial charge in [0.25, 0.3) is 0 Å². The molecule has 0 unspecified atom stereocenters. The first kappa shape index (κ1) is 12.2. The van der Waals surface area contributed by atoms with Gasteiger partial charge in [-0.05, 0) is 5.28 Å². The van der Waals surface area contributed by atoms with Gasteiger partial charge in [-0.1, -0.05) is 6.92 Å². The van der Waals surface area contributed by atoms with Gasteiger partial charge in [-0.3, -0.25) is 0 Å². The standard InChI is InChI=1S/C2H5.2CH3O.Al.Na.H/c3*1-2;;;/h1H2,2H3;2*1H3;;;/q;2*-1;+2;+1;-1. The van der Waals surface area contributed by atoms with Crippen LogP contribution in [0.4, 0.5) is 0 Å². The largest absolute Gasteiger partial charge is 1.00 e. The van der Waals surface area contributed by atoms with Crippen molar-refractivity contribution < 1.29 is 38.6 Å². The summed E-state index contributed by atoms with van der Waals surface area (Å²) in [6.07, 6.45) is 0. The molecule has 0 saturated heterocycles. The molecular weight excluding hydrogens is 130 g/mol. The van der Waals surface area contributed by atoms with Crippen LogP contribution in [-0.2, 0) is 7.58 Å². The van der Waals surface area contributed by atoms with Crippen LogP contribution >= 0.6 is 0 Å². The van der Waals surface area contributed by atoms with Gasteiger partial charge in [-0.25, -0.2) is 0 Å². The molecule has 0 rings (SSSR count). The van der Waals surface area contributed by atoms with E-state index in [2.05, 4.69) is 6.92 Å². The van der Waals surface area contributed by atoms with E-state index in [1.54, 1.807) is 14.2 Å². The summed E-state index contributed by atoms with van der Waals surface area (Å²) >= 11 is -1.17. The van der Waals surface area contributed by atoms with E-state index in [-0.39, 0.29) is 31.0 Å². The molecule has 0 aromatic rings. The molecule has 8 heavy (non-hydrogen) atoms. The molecule has 0 amide bonds. The average molecular weight is 142 g/mol. The van der Waals surface area contributed by atoms with Crippen molar-refractivity contribution in [1.82, 2.24) is 0 Å². The summed E-state index contributed by atoms with van der Waals surface area (Å²) in [4.78, 5) is 0. The van der Waals surface area contributed by atoms with Crippen LogP contribution in [0.3, 0.4) is 0 Å². The van der Waals surface area contributed by atoms with E-state index in [4.69, 9.17) is 7.58 Å². The molecule has 0 radical (unpaired) electrons. The summed E-state index contributed by atoms with van der Waals surface area (Å²) in [6.45, 7) is 2.07. The van der Waals surface area contributed by atoms with Crippen molar-refractivity contribution >= 4 is 14.8 Å². The van der Waals surface area contributed by atoms with Gasteiger partial charge in [0.1, 0.15) is 0 Å². The van der Waals surface area contributed by atoms with E-state index in [1.807, 2.05) is 0 Å². The Bertz CT molecular complexity index is 40.0. The third-order valence-corrected chi connectivity index (χ3v) is 2.58. The van der Waals surface area contributed by atoms with E-state index in [0.717, 1.165) is 5.28 Å². The van der Waals surface area contributed by atoms with Crippen molar-refractivity contribution in [3.8, 4) is 0 Å². The quantitative estimate of drug-likeness (QED) is 0.420. The van der Waals surface area contributed by atoms with Gasteiger partial charge >= 0.3 is 44.4 Å². The van der Waals surface area contributed by atoms with Crippen molar-refractivity contribution in [2.45, 2.75) is 12.2 Å². The monoisotopic (exact) mass is 142 g/mol. The number of rotatable bonds is 3. The Kier molecular flexibility index (Phi) is 12.8. The molecule has 0 heterocycles. The van der Waals surface area contributed by atoms with E-state index in [9.17, 15) is 0 Å². The molecule has 0 aromatic heterocycles. The van der Waals surface area contributed by atoms with Crippen molar-refractivity contribution in [3.05, 3.63) is 0 Å². The van der Waals surface area contributed by atoms with Gasteiger partial charge < -0.3 is 9.00 Å². The first-order valence-corrected chi connectivity index (χ1v) is 4.16. The Morgan fingerprint density at radius 1 is 1.38 bits per heavy atom. The van der Waals surface area contributed by atoms with Crippen molar-refractivity contribution in [2.75, 3.05) is 14.2 Å². The normalized spacial score (nSPS) is 7.88. The summed E-state index contributed by atoms with van der Waals surface area (Å²) in [5, 5.41) is 1.05. The first-order chi connectivity index (χ1) is 3.35. The van der Waals surface area contributed by atoms with E-state index in [1.165, 1.54) is 0 Å². The van der Waals surface area contributed by atoms with Gasteiger partial charge in [0.2, 0.25) is 0 Å². The summed E-state index contributed by atoms with van der Waals surface area (Å²) in [5.74, 6) is 0. The van der Waals surface area contributed by atoms with Crippen LogP contribution in [0.1, 0.15) is 8.35 Å². The smallest absolute Gasteiger partial charge is 1.00 e. The number of hydrogen-bond donors (Lipinski definition) is 0. The van der Waals surface area contributed by atoms with Crippen molar-refractivity contribution in [3.63, 3.8) is 0 Å². The molecule has 0 saturated carbocycles. The van der Waals surface area contributed by atoms with Crippen LogP contribution in [0.15, 0.2) is 0 Å². The minimum Gasteiger partial charge on any atom is -1.00 e. The Morgan fingerprint density at radius 3 is 1.75 bits per heavy atom. The number of hydrogen-bond acceptors (Lipinski definition) is 2. The van der Waals surface area contributed by atoms with Crippen molar-refractivity contribution in [1.29, 1.82) is 0 Å². The molecule has 0 aromatic carbocycles. The molecule has 0 bridgehead atoms. The Morgan fingerprint density at radius 2 is 1.75 bits per heavy atom. The SMILES string of the molecule is C[CH2][Al]([O]C)[O]C.[H-].[Na+]. The molecule has 4 heteroatoms. The summed E-state index contributed by atoms with van der Waals surface area (Å²) in [5.41, 5.74) is 0. The molecule has 0 atom stereocenters. The van der Waals surface area contributed by atoms with E-state index < -0.39 is 14.8 Å². The Hall–Kier alpha value is 1.45. The van der Waals surface area contributed by atoms with Gasteiger partial charge in [-0.2, -0.15) is 0 Å². The van der Waals surface area contributed by atoms with Crippen LogP contribution < -0.4 is 29.6 Å². The van der Waals surface area contributed by atoms with Gasteiger partial charge in [0, 0.05) is 14.2 Å². The fourth-order valence-electron chi connectivity index (χ4n) is 0.430. The second-order valence-electron chi connectivity index (χ2n) is 1.31. The molecule has 0 aliphatic carbocycles. The zero-order valence-corrected chi connectivity index (χ0v) is 9.26. The maximum Gasteiger partial charge on any atom is 1.00 e. The van der Waals surface area contributed by atoms with Crippen LogP contribution in [0.25, 0.3) is 0 Å². The second kappa shape index (κ2) is 8.45. The van der Waals surface area contributed by atoms with Crippen LogP contribution in [0, 0.1) is 0 Å². The first-order valence-electron chi connectivity index (χ1n) is 2.40. The Balaban J connectivity index is -0.000000180. The van der Waals surface area contributed by atoms with Gasteiger partial charge in [0.15, 0.2) is 0 Å². The predicted molar refractivity (Wildman–Crippen MR) is 31.4 cm³/mol. The fourth-order valence-corrected chi connectivity index (χ4v) is 1.29. The molecular formula is C4H12AlNaO2. The third kappa shape index (κ3) is 5.59. The maximum atomic E-state index is 4.97. The molecule has 0 aliphatic heterocycles. The van der Waals surface area contributed by atoms with E-state index >= 15 is 0 Å². The minimum atomic E-state index is -1.17. The van der Waals surface area contributed by atoms with Crippen molar-refractivity contribution in [2.24, 2.45) is 0 Å². The van der Waals surface area contributed by atoms with Gasteiger partial charge in [0.05, 0.1) is 0 Å². The molecule has 0 N–H and O–H groups in total. The Labute approximate surface area is 79.4 Å². The topological polar surface area (TPSA) is 18.5 Å². The van der Waals surface area contributed by atoms with Crippen LogP contribution in [0.5, 0.6) is 0 Å². The van der Waals surface area contributed by atoms with E-state index in [0.29, 0.717) is 0 Å². The predicted octanol–water partition coefficient (Wildman–Crippen LogP) is -2.10. The molecule has 0 aliphatic rings. The van der Waals surface area contributed by atoms with Gasteiger partial charge in [-0.15, -0.1) is 0 Å². The average Bonchev–Trinajstić information content (AvgIpc) is 1.72. The molecule has 2 nitrogen and oxygen atoms in total. The third-order valence-electron chi connectivity index (χ3n) is 0.859. The molecule has 44 valence electrons. The van der Waals surface area contributed by atoms with Crippen LogP contribution in [-0.4, -0.2) is 29.0 Å². The second-order valence-corrected chi connectivity index (χ2v) is 3.93. The summed E-state index contributed by atoms with van der Waals surface area (Å²) in [6, 6.07) is 0.